The maximum Gasteiger partial charge on any atom is 0.286 e. The van der Waals surface area contributed by atoms with Gasteiger partial charge in [-0.3, -0.25) is 9.69 Å². The standard InChI is InChI=1S/C26H31N3OS/c1-2-3-5-8-21-11-13-22(14-12-21)19-24-25(30)27-26(31-24)29-17-15-28(16-18-29)20-23-9-6-4-7-10-23/h4,6-7,9-14,19H,2-3,5,8,15-18,20H2,1H3. The fourth-order valence-corrected chi connectivity index (χ4v) is 4.95. The van der Waals surface area contributed by atoms with Gasteiger partial charge >= 0.3 is 0 Å². The van der Waals surface area contributed by atoms with Gasteiger partial charge in [-0.1, -0.05) is 74.4 Å². The van der Waals surface area contributed by atoms with E-state index in [9.17, 15) is 4.79 Å². The zero-order valence-corrected chi connectivity index (χ0v) is 19.1. The summed E-state index contributed by atoms with van der Waals surface area (Å²) in [6.07, 6.45) is 6.86. The lowest BCUT2D eigenvalue weighted by molar-refractivity contribution is -0.113. The summed E-state index contributed by atoms with van der Waals surface area (Å²) in [7, 11) is 0. The van der Waals surface area contributed by atoms with Gasteiger partial charge in [-0.15, -0.1) is 0 Å². The van der Waals surface area contributed by atoms with Gasteiger partial charge < -0.3 is 4.90 Å². The lowest BCUT2D eigenvalue weighted by Gasteiger charge is -2.35. The Morgan fingerprint density at radius 3 is 2.39 bits per heavy atom. The van der Waals surface area contributed by atoms with Crippen LogP contribution in [0.3, 0.4) is 0 Å². The minimum atomic E-state index is -0.112. The molecule has 0 saturated carbocycles. The number of carbonyl (C=O) groups is 1. The average molecular weight is 434 g/mol. The summed E-state index contributed by atoms with van der Waals surface area (Å²) in [5, 5.41) is 0.854. The Hall–Kier alpha value is -2.37. The number of hydrogen-bond donors (Lipinski definition) is 0. The van der Waals surface area contributed by atoms with E-state index in [-0.39, 0.29) is 5.91 Å². The lowest BCUT2D eigenvalue weighted by Crippen LogP contribution is -2.47. The number of unbranched alkanes of at least 4 members (excludes halogenated alkanes) is 2. The van der Waals surface area contributed by atoms with E-state index >= 15 is 0 Å². The summed E-state index contributed by atoms with van der Waals surface area (Å²) in [6.45, 7) is 7.00. The monoisotopic (exact) mass is 433 g/mol. The van der Waals surface area contributed by atoms with Crippen molar-refractivity contribution < 1.29 is 4.79 Å². The molecule has 2 aliphatic heterocycles. The number of aryl methyl sites for hydroxylation is 1. The molecule has 4 nitrogen and oxygen atoms in total. The average Bonchev–Trinajstić information content (AvgIpc) is 3.16. The van der Waals surface area contributed by atoms with Crippen molar-refractivity contribution in [3.63, 3.8) is 0 Å². The maximum absolute atomic E-state index is 12.5. The van der Waals surface area contributed by atoms with Crippen LogP contribution >= 0.6 is 11.8 Å². The third-order valence-corrected chi connectivity index (χ3v) is 6.89. The molecule has 0 unspecified atom stereocenters. The van der Waals surface area contributed by atoms with Gasteiger partial charge in [0.15, 0.2) is 5.17 Å². The Kier molecular flexibility index (Phi) is 7.60. The molecule has 2 aliphatic rings. The number of carbonyl (C=O) groups excluding carboxylic acids is 1. The summed E-state index contributed by atoms with van der Waals surface area (Å²) in [4.78, 5) is 22.3. The highest BCUT2D eigenvalue weighted by Gasteiger charge is 2.28. The molecule has 4 rings (SSSR count). The third-order valence-electron chi connectivity index (χ3n) is 5.85. The van der Waals surface area contributed by atoms with E-state index in [1.54, 1.807) is 0 Å². The van der Waals surface area contributed by atoms with Gasteiger partial charge in [0.25, 0.3) is 5.91 Å². The predicted octanol–water partition coefficient (Wildman–Crippen LogP) is 5.21. The minimum Gasteiger partial charge on any atom is -0.348 e. The second kappa shape index (κ2) is 10.8. The van der Waals surface area contributed by atoms with E-state index in [0.29, 0.717) is 0 Å². The number of aliphatic imine (C=N–C) groups is 1. The van der Waals surface area contributed by atoms with Crippen molar-refractivity contribution in [2.24, 2.45) is 4.99 Å². The van der Waals surface area contributed by atoms with Crippen LogP contribution < -0.4 is 0 Å². The van der Waals surface area contributed by atoms with E-state index in [1.165, 1.54) is 42.2 Å². The molecule has 0 radical (unpaired) electrons. The SMILES string of the molecule is CCCCCc1ccc(C=C2SC(N3CCN(Cc4ccccc4)CC3)=NC2=O)cc1. The Bertz CT molecular complexity index is 929. The van der Waals surface area contributed by atoms with E-state index < -0.39 is 0 Å². The topological polar surface area (TPSA) is 35.9 Å². The Balaban J connectivity index is 1.29. The van der Waals surface area contributed by atoms with Gasteiger partial charge in [0.05, 0.1) is 4.91 Å². The first-order chi connectivity index (χ1) is 15.2. The van der Waals surface area contributed by atoms with Gasteiger partial charge in [0.1, 0.15) is 0 Å². The second-order valence-corrected chi connectivity index (χ2v) is 9.27. The van der Waals surface area contributed by atoms with Gasteiger partial charge in [-0.25, -0.2) is 0 Å². The number of piperazine rings is 1. The van der Waals surface area contributed by atoms with Crippen LogP contribution in [0.4, 0.5) is 0 Å². The maximum atomic E-state index is 12.5. The number of nitrogens with zero attached hydrogens (tertiary/aromatic N) is 3. The molecule has 162 valence electrons. The Morgan fingerprint density at radius 2 is 1.68 bits per heavy atom. The van der Waals surface area contributed by atoms with Crippen LogP contribution in [0, 0.1) is 0 Å². The fraction of sp³-hybridized carbons (Fsp3) is 0.385. The van der Waals surface area contributed by atoms with Gasteiger partial charge in [-0.05, 0) is 47.4 Å². The molecule has 2 heterocycles. The first-order valence-corrected chi connectivity index (χ1v) is 12.2. The highest BCUT2D eigenvalue weighted by atomic mass is 32.2. The summed E-state index contributed by atoms with van der Waals surface area (Å²) in [5.41, 5.74) is 3.78. The first-order valence-electron chi connectivity index (χ1n) is 11.3. The zero-order valence-electron chi connectivity index (χ0n) is 18.3. The molecule has 0 spiro atoms. The van der Waals surface area contributed by atoms with Crippen molar-refractivity contribution >= 4 is 28.9 Å². The molecule has 0 aromatic heterocycles. The molecule has 0 aliphatic carbocycles. The molecule has 5 heteroatoms. The number of benzene rings is 2. The highest BCUT2D eigenvalue weighted by molar-refractivity contribution is 8.18. The number of hydrogen-bond acceptors (Lipinski definition) is 4. The van der Waals surface area contributed by atoms with Crippen LogP contribution in [0.15, 0.2) is 64.5 Å². The van der Waals surface area contributed by atoms with Crippen LogP contribution in [0.25, 0.3) is 6.08 Å². The molecule has 1 amide bonds. The van der Waals surface area contributed by atoms with E-state index in [1.807, 2.05) is 6.08 Å². The van der Waals surface area contributed by atoms with Crippen LogP contribution in [0.5, 0.6) is 0 Å². The molecule has 1 saturated heterocycles. The highest BCUT2D eigenvalue weighted by Crippen LogP contribution is 2.31. The van der Waals surface area contributed by atoms with Crippen molar-refractivity contribution in [2.75, 3.05) is 26.2 Å². The van der Waals surface area contributed by atoms with Crippen molar-refractivity contribution in [1.82, 2.24) is 9.80 Å². The third kappa shape index (κ3) is 6.08. The van der Waals surface area contributed by atoms with Crippen LogP contribution in [0.2, 0.25) is 0 Å². The van der Waals surface area contributed by atoms with Crippen LogP contribution in [0.1, 0.15) is 42.9 Å². The zero-order chi connectivity index (χ0) is 21.5. The number of rotatable bonds is 7. The van der Waals surface area contributed by atoms with Crippen molar-refractivity contribution in [3.8, 4) is 0 Å². The fourth-order valence-electron chi connectivity index (χ4n) is 3.98. The lowest BCUT2D eigenvalue weighted by atomic mass is 10.1. The van der Waals surface area contributed by atoms with Gasteiger partial charge in [0, 0.05) is 32.7 Å². The molecule has 31 heavy (non-hydrogen) atoms. The van der Waals surface area contributed by atoms with Crippen molar-refractivity contribution in [1.29, 1.82) is 0 Å². The summed E-state index contributed by atoms with van der Waals surface area (Å²) >= 11 is 1.52. The van der Waals surface area contributed by atoms with E-state index in [4.69, 9.17) is 0 Å². The molecule has 1 fully saturated rings. The number of thioether (sulfide) groups is 1. The molecule has 0 bridgehead atoms. The van der Waals surface area contributed by atoms with Crippen molar-refractivity contribution in [2.45, 2.75) is 39.2 Å². The van der Waals surface area contributed by atoms with Crippen LogP contribution in [-0.4, -0.2) is 47.1 Å². The van der Waals surface area contributed by atoms with E-state index in [0.717, 1.165) is 54.8 Å². The summed E-state index contributed by atoms with van der Waals surface area (Å²) in [6, 6.07) is 19.2. The van der Waals surface area contributed by atoms with Crippen molar-refractivity contribution in [3.05, 3.63) is 76.2 Å². The molecule has 0 atom stereocenters. The quantitative estimate of drug-likeness (QED) is 0.444. The molecule has 0 N–H and O–H groups in total. The smallest absolute Gasteiger partial charge is 0.286 e. The predicted molar refractivity (Wildman–Crippen MR) is 131 cm³/mol. The summed E-state index contributed by atoms with van der Waals surface area (Å²) < 4.78 is 0. The number of amides is 1. The second-order valence-electron chi connectivity index (χ2n) is 8.26. The van der Waals surface area contributed by atoms with Gasteiger partial charge in [0.2, 0.25) is 0 Å². The first kappa shape index (κ1) is 21.8. The largest absolute Gasteiger partial charge is 0.348 e. The number of amidine groups is 1. The Labute approximate surface area is 190 Å². The summed E-state index contributed by atoms with van der Waals surface area (Å²) in [5.74, 6) is -0.112. The minimum absolute atomic E-state index is 0.112. The molecule has 2 aromatic rings. The molecular formula is C26H31N3OS. The molecule has 2 aromatic carbocycles. The Morgan fingerprint density at radius 1 is 0.935 bits per heavy atom. The van der Waals surface area contributed by atoms with E-state index in [2.05, 4.69) is 76.3 Å². The van der Waals surface area contributed by atoms with Crippen LogP contribution in [-0.2, 0) is 17.8 Å². The van der Waals surface area contributed by atoms with Gasteiger partial charge in [-0.2, -0.15) is 4.99 Å². The normalized spacial score (nSPS) is 18.6. The molecular weight excluding hydrogens is 402 g/mol.